The Morgan fingerprint density at radius 3 is 1.31 bits per heavy atom. The van der Waals surface area contributed by atoms with E-state index in [4.69, 9.17) is 57.2 Å². The number of esters is 5. The molecule has 2 fully saturated rings. The minimum Gasteiger partial charge on any atom is -0.493 e. The number of rotatable bonds is 32. The molecule has 520 valence electrons. The first kappa shape index (κ1) is 76.8. The van der Waals surface area contributed by atoms with Crippen LogP contribution in [0.15, 0.2) is 98.6 Å². The monoisotopic (exact) mass is 1340 g/mol. The van der Waals surface area contributed by atoms with Crippen molar-refractivity contribution in [3.05, 3.63) is 121 Å². The minimum absolute atomic E-state index is 0.170. The van der Waals surface area contributed by atoms with Gasteiger partial charge in [0.2, 0.25) is 11.6 Å². The second kappa shape index (κ2) is 36.1. The van der Waals surface area contributed by atoms with Gasteiger partial charge in [-0.15, -0.1) is 0 Å². The largest absolute Gasteiger partial charge is 0.493 e. The molecule has 2 aromatic carbocycles. The van der Waals surface area contributed by atoms with Gasteiger partial charge < -0.3 is 67.0 Å². The number of amides is 2. The molecule has 2 saturated heterocycles. The molecule has 0 saturated carbocycles. The van der Waals surface area contributed by atoms with Gasteiger partial charge in [0.15, 0.2) is 36.2 Å². The highest BCUT2D eigenvalue weighted by Gasteiger charge is 2.44. The predicted octanol–water partition coefficient (Wildman–Crippen LogP) is 8.23. The molecule has 26 nitrogen and oxygen atoms in total. The van der Waals surface area contributed by atoms with Crippen LogP contribution in [-0.4, -0.2) is 170 Å². The number of ether oxygens (including phenoxy) is 11. The number of pyridine rings is 2. The Morgan fingerprint density at radius 1 is 0.552 bits per heavy atom. The van der Waals surface area contributed by atoms with Gasteiger partial charge in [0, 0.05) is 48.8 Å². The first-order valence-electron chi connectivity index (χ1n) is 31.2. The molecule has 1 N–H and O–H groups in total. The van der Waals surface area contributed by atoms with Crippen LogP contribution in [0.4, 0.5) is 0 Å². The number of Topliss-reactive ketones (excluding diaryl/α,β-unsaturated/α-hetero) is 2. The van der Waals surface area contributed by atoms with E-state index in [2.05, 4.69) is 23.1 Å². The van der Waals surface area contributed by atoms with Crippen molar-refractivity contribution in [3.8, 4) is 34.5 Å². The van der Waals surface area contributed by atoms with Gasteiger partial charge in [-0.1, -0.05) is 25.3 Å². The number of aromatic nitrogens is 2. The molecule has 0 radical (unpaired) electrons. The SMILES string of the molecule is C=CC(=O)OCC(C)(C)C(=O)C(=O)N1CCCC[C@H]1C(=O)O[C@H](CCc1ccc(OC)c(OC)c1)c1cncc(OCC(=O)O)c1.C=CC(=O)OCC(C)(C)C(=O)C(=O)N1CCCC[C@H]1C(=O)O[C@H](CCc1ccc(OC)c(OC)c1)c1cncc(OCC(=O)OC(C)(C)C)c1. The second-order valence-electron chi connectivity index (χ2n) is 24.8. The zero-order valence-electron chi connectivity index (χ0n) is 56.4. The summed E-state index contributed by atoms with van der Waals surface area (Å²) in [5.41, 5.74) is -0.669. The number of methoxy groups -OCH3 is 4. The number of carbonyl (C=O) groups excluding carboxylic acids is 9. The van der Waals surface area contributed by atoms with E-state index in [0.717, 1.165) is 23.3 Å². The quantitative estimate of drug-likeness (QED) is 0.0208. The number of aliphatic carboxylic acids is 1. The van der Waals surface area contributed by atoms with Crippen LogP contribution in [0.2, 0.25) is 0 Å². The van der Waals surface area contributed by atoms with Crippen molar-refractivity contribution in [2.24, 2.45) is 10.8 Å². The fourth-order valence-corrected chi connectivity index (χ4v) is 10.2. The lowest BCUT2D eigenvalue weighted by Gasteiger charge is -2.36. The zero-order chi connectivity index (χ0) is 70.9. The number of likely N-dealkylation sites (tertiary alicyclic amines) is 2. The molecule has 2 amide bonds. The summed E-state index contributed by atoms with van der Waals surface area (Å²) in [5.74, 6) is -5.24. The smallest absolute Gasteiger partial charge is 0.344 e. The summed E-state index contributed by atoms with van der Waals surface area (Å²) in [7, 11) is 6.14. The number of piperidine rings is 2. The summed E-state index contributed by atoms with van der Waals surface area (Å²) in [4.78, 5) is 138. The third-order valence-corrected chi connectivity index (χ3v) is 15.3. The van der Waals surface area contributed by atoms with Gasteiger partial charge in [-0.2, -0.15) is 0 Å². The number of carbonyl (C=O) groups is 10. The fraction of sp³-hybridized carbons (Fsp3) is 0.486. The molecule has 4 aromatic rings. The lowest BCUT2D eigenvalue weighted by Crippen LogP contribution is -2.53. The van der Waals surface area contributed by atoms with Crippen molar-refractivity contribution in [3.63, 3.8) is 0 Å². The van der Waals surface area contributed by atoms with E-state index in [1.807, 2.05) is 24.3 Å². The lowest BCUT2D eigenvalue weighted by molar-refractivity contribution is -0.165. The molecule has 6 rings (SSSR count). The number of carboxylic acids is 1. The van der Waals surface area contributed by atoms with E-state index in [-0.39, 0.29) is 57.3 Å². The van der Waals surface area contributed by atoms with Crippen molar-refractivity contribution in [2.45, 2.75) is 143 Å². The van der Waals surface area contributed by atoms with Gasteiger partial charge in [-0.25, -0.2) is 28.8 Å². The molecule has 0 spiro atoms. The van der Waals surface area contributed by atoms with Crippen molar-refractivity contribution in [1.29, 1.82) is 0 Å². The maximum atomic E-state index is 13.9. The third kappa shape index (κ3) is 23.0. The molecule has 4 atom stereocenters. The van der Waals surface area contributed by atoms with Crippen LogP contribution in [0.3, 0.4) is 0 Å². The molecule has 2 aromatic heterocycles. The van der Waals surface area contributed by atoms with Crippen LogP contribution in [0, 0.1) is 10.8 Å². The van der Waals surface area contributed by atoms with Gasteiger partial charge in [-0.05, 0) is 160 Å². The van der Waals surface area contributed by atoms with Crippen LogP contribution < -0.4 is 28.4 Å². The average Bonchev–Trinajstić information content (AvgIpc) is 0.828. The summed E-state index contributed by atoms with van der Waals surface area (Å²) < 4.78 is 60.0. The van der Waals surface area contributed by atoms with Gasteiger partial charge in [-0.3, -0.25) is 29.1 Å². The Labute approximate surface area is 558 Å². The van der Waals surface area contributed by atoms with Crippen molar-refractivity contribution in [2.75, 3.05) is 68.0 Å². The molecule has 0 aliphatic carbocycles. The molecule has 0 bridgehead atoms. The number of hydrogen-bond donors (Lipinski definition) is 1. The molecule has 26 heteroatoms. The molecule has 2 aliphatic heterocycles. The molecule has 0 unspecified atom stereocenters. The molecular weight excluding hydrogens is 1250 g/mol. The van der Waals surface area contributed by atoms with Crippen LogP contribution in [-0.2, 0) is 84.5 Å². The van der Waals surface area contributed by atoms with Crippen LogP contribution >= 0.6 is 0 Å². The van der Waals surface area contributed by atoms with Crippen molar-refractivity contribution < 1.29 is 105 Å². The summed E-state index contributed by atoms with van der Waals surface area (Å²) in [6.45, 7) is 16.6. The van der Waals surface area contributed by atoms with E-state index < -0.39 is 107 Å². The Morgan fingerprint density at radius 2 is 0.948 bits per heavy atom. The topological polar surface area (TPSA) is 325 Å². The maximum absolute atomic E-state index is 13.9. The maximum Gasteiger partial charge on any atom is 0.344 e. The van der Waals surface area contributed by atoms with Crippen molar-refractivity contribution in [1.82, 2.24) is 19.8 Å². The van der Waals surface area contributed by atoms with Crippen LogP contribution in [0.1, 0.15) is 134 Å². The standard InChI is InChI=1S/C37H48N2O11.C33H40N2O11/c1-9-31(40)48-23-37(5,6)33(42)34(43)39-17-11-10-12-27(39)35(44)49-28(15-13-24-14-16-29(45-7)30(18-24)46-8)25-19-26(21-38-20-25)47-22-32(41)50-36(2,3)4;1-6-29(38)45-20-33(2,3)30(39)31(40)35-14-8-7-9-24(35)32(41)46-25(22-16-23(18-34-17-22)44-19-28(36)37)12-10-21-11-13-26(42-4)27(15-21)43-5/h9,14,16,18-21,27-28H,1,10-13,15,17,22-23H2,2-8H3;6,11,13,15-18,24-25H,1,7-10,12,14,19-20H2,2-5H3,(H,36,37)/t27-,28+;24-,25+/m00/s1. The van der Waals surface area contributed by atoms with Crippen LogP contribution in [0.5, 0.6) is 34.5 Å². The van der Waals surface area contributed by atoms with Gasteiger partial charge in [0.1, 0.15) is 54.6 Å². The molecular formula is C70H88N4O22. The van der Waals surface area contributed by atoms with Gasteiger partial charge in [0.25, 0.3) is 11.8 Å². The Hall–Kier alpha value is -9.88. The third-order valence-electron chi connectivity index (χ3n) is 15.3. The molecule has 4 heterocycles. The summed E-state index contributed by atoms with van der Waals surface area (Å²) in [6, 6.07) is 12.0. The number of nitrogens with zero attached hydrogens (tertiary/aromatic N) is 4. The summed E-state index contributed by atoms with van der Waals surface area (Å²) >= 11 is 0. The fourth-order valence-electron chi connectivity index (χ4n) is 10.2. The minimum atomic E-state index is -1.34. The zero-order valence-corrected chi connectivity index (χ0v) is 56.4. The van der Waals surface area contributed by atoms with Gasteiger partial charge >= 0.3 is 35.8 Å². The number of hydrogen-bond acceptors (Lipinski definition) is 23. The van der Waals surface area contributed by atoms with Gasteiger partial charge in [0.05, 0.1) is 51.7 Å². The predicted molar refractivity (Wildman–Crippen MR) is 345 cm³/mol. The Bertz CT molecular complexity index is 3430. The van der Waals surface area contributed by atoms with E-state index in [9.17, 15) is 47.9 Å². The highest BCUT2D eigenvalue weighted by molar-refractivity contribution is 6.39. The first-order valence-corrected chi connectivity index (χ1v) is 31.2. The first-order chi connectivity index (χ1) is 45.5. The van der Waals surface area contributed by atoms with E-state index in [1.54, 1.807) is 52.1 Å². The lowest BCUT2D eigenvalue weighted by atomic mass is 9.87. The van der Waals surface area contributed by atoms with Crippen molar-refractivity contribution >= 4 is 59.2 Å². The number of ketones is 2. The number of aryl methyl sites for hydroxylation is 2. The summed E-state index contributed by atoms with van der Waals surface area (Å²) in [5, 5.41) is 9.02. The highest BCUT2D eigenvalue weighted by atomic mass is 16.6. The Kier molecular flexibility index (Phi) is 28.9. The van der Waals surface area contributed by atoms with E-state index in [0.29, 0.717) is 85.5 Å². The average molecular weight is 1340 g/mol. The second-order valence-corrected chi connectivity index (χ2v) is 24.8. The summed E-state index contributed by atoms with van der Waals surface area (Å²) in [6.07, 6.45) is 10.5. The molecule has 96 heavy (non-hydrogen) atoms. The normalized spacial score (nSPS) is 15.2. The Balaban J connectivity index is 0.000000348. The molecule has 2 aliphatic rings. The highest BCUT2D eigenvalue weighted by Crippen LogP contribution is 2.35. The number of carboxylic acid groups (broad SMARTS) is 1. The number of benzene rings is 2. The van der Waals surface area contributed by atoms with E-state index in [1.165, 1.54) is 83.6 Å². The van der Waals surface area contributed by atoms with E-state index >= 15 is 0 Å². The van der Waals surface area contributed by atoms with Crippen LogP contribution in [0.25, 0.3) is 0 Å².